The smallest absolute Gasteiger partial charge is 0.292 e. The summed E-state index contributed by atoms with van der Waals surface area (Å²) < 4.78 is 1.01. The van der Waals surface area contributed by atoms with Crippen LogP contribution in [0.2, 0.25) is 5.02 Å². The van der Waals surface area contributed by atoms with Gasteiger partial charge in [-0.05, 0) is 36.2 Å². The van der Waals surface area contributed by atoms with Crippen molar-refractivity contribution in [3.05, 3.63) is 67.1 Å². The van der Waals surface area contributed by atoms with Crippen LogP contribution in [-0.4, -0.2) is 4.92 Å². The Morgan fingerprint density at radius 2 is 2.05 bits per heavy atom. The summed E-state index contributed by atoms with van der Waals surface area (Å²) >= 11 is 9.34. The van der Waals surface area contributed by atoms with E-state index >= 15 is 0 Å². The molecule has 0 amide bonds. The number of aryl methyl sites for hydroxylation is 1. The highest BCUT2D eigenvalue weighted by molar-refractivity contribution is 9.10. The number of nitro groups is 1. The number of rotatable bonds is 4. The molecule has 0 aliphatic rings. The van der Waals surface area contributed by atoms with Gasteiger partial charge in [-0.3, -0.25) is 10.1 Å². The molecule has 104 valence electrons. The van der Waals surface area contributed by atoms with E-state index in [-0.39, 0.29) is 5.69 Å². The lowest BCUT2D eigenvalue weighted by molar-refractivity contribution is -0.384. The molecule has 1 N–H and O–H groups in total. The first-order valence-corrected chi connectivity index (χ1v) is 7.07. The molecule has 0 bridgehead atoms. The van der Waals surface area contributed by atoms with Gasteiger partial charge in [-0.2, -0.15) is 0 Å². The Morgan fingerprint density at radius 1 is 1.30 bits per heavy atom. The first-order valence-electron chi connectivity index (χ1n) is 5.90. The minimum Gasteiger partial charge on any atom is -0.375 e. The molecule has 0 saturated carbocycles. The van der Waals surface area contributed by atoms with Crippen molar-refractivity contribution >= 4 is 38.9 Å². The van der Waals surface area contributed by atoms with Crippen molar-refractivity contribution in [3.8, 4) is 0 Å². The lowest BCUT2D eigenvalue weighted by Crippen LogP contribution is -2.02. The summed E-state index contributed by atoms with van der Waals surface area (Å²) in [5.74, 6) is 0. The minimum atomic E-state index is -0.427. The highest BCUT2D eigenvalue weighted by Gasteiger charge is 2.13. The fraction of sp³-hybridized carbons (Fsp3) is 0.143. The van der Waals surface area contributed by atoms with E-state index < -0.39 is 4.92 Å². The van der Waals surface area contributed by atoms with Gasteiger partial charge in [-0.15, -0.1) is 0 Å². The number of nitrogens with zero attached hydrogens (tertiary/aromatic N) is 1. The van der Waals surface area contributed by atoms with Gasteiger partial charge in [0.25, 0.3) is 5.69 Å². The van der Waals surface area contributed by atoms with Crippen molar-refractivity contribution in [2.24, 2.45) is 0 Å². The summed E-state index contributed by atoms with van der Waals surface area (Å²) in [6, 6.07) is 10.4. The molecule has 0 aliphatic heterocycles. The molecule has 0 heterocycles. The Hall–Kier alpha value is -1.59. The van der Waals surface area contributed by atoms with Crippen LogP contribution in [0.3, 0.4) is 0 Å². The zero-order valence-corrected chi connectivity index (χ0v) is 13.0. The van der Waals surface area contributed by atoms with Gasteiger partial charge in [0.2, 0.25) is 0 Å². The first-order chi connectivity index (χ1) is 9.47. The molecule has 4 nitrogen and oxygen atoms in total. The van der Waals surface area contributed by atoms with E-state index in [1.54, 1.807) is 6.07 Å². The van der Waals surface area contributed by atoms with Crippen molar-refractivity contribution in [2.45, 2.75) is 13.5 Å². The highest BCUT2D eigenvalue weighted by atomic mass is 79.9. The lowest BCUT2D eigenvalue weighted by atomic mass is 10.1. The van der Waals surface area contributed by atoms with E-state index in [0.29, 0.717) is 17.3 Å². The second-order valence-electron chi connectivity index (χ2n) is 4.36. The van der Waals surface area contributed by atoms with Crippen LogP contribution >= 0.6 is 27.5 Å². The maximum atomic E-state index is 11.0. The monoisotopic (exact) mass is 354 g/mol. The van der Waals surface area contributed by atoms with Crippen molar-refractivity contribution in [3.63, 3.8) is 0 Å². The molecule has 2 aromatic rings. The van der Waals surface area contributed by atoms with Gasteiger partial charge in [-0.25, -0.2) is 0 Å². The van der Waals surface area contributed by atoms with Crippen LogP contribution in [-0.2, 0) is 6.54 Å². The molecule has 0 aliphatic carbocycles. The van der Waals surface area contributed by atoms with Gasteiger partial charge >= 0.3 is 0 Å². The number of halogens is 2. The molecule has 0 atom stereocenters. The number of hydrogen-bond donors (Lipinski definition) is 1. The van der Waals surface area contributed by atoms with Crippen molar-refractivity contribution in [2.75, 3.05) is 5.32 Å². The Kier molecular flexibility index (Phi) is 4.62. The number of hydrogen-bond acceptors (Lipinski definition) is 3. The van der Waals surface area contributed by atoms with E-state index in [9.17, 15) is 10.1 Å². The van der Waals surface area contributed by atoms with E-state index in [1.807, 2.05) is 25.1 Å². The highest BCUT2D eigenvalue weighted by Crippen LogP contribution is 2.28. The second-order valence-corrected chi connectivity index (χ2v) is 5.65. The molecular formula is C14H12BrClN2O2. The zero-order valence-electron chi connectivity index (χ0n) is 10.7. The van der Waals surface area contributed by atoms with Gasteiger partial charge in [-0.1, -0.05) is 39.7 Å². The summed E-state index contributed by atoms with van der Waals surface area (Å²) in [5.41, 5.74) is 2.60. The topological polar surface area (TPSA) is 55.2 Å². The zero-order chi connectivity index (χ0) is 14.7. The van der Waals surface area contributed by atoms with Crippen LogP contribution in [0.25, 0.3) is 0 Å². The third-order valence-electron chi connectivity index (χ3n) is 2.87. The number of nitrogens with one attached hydrogen (secondary N) is 1. The summed E-state index contributed by atoms with van der Waals surface area (Å²) in [5, 5.41) is 14.5. The van der Waals surface area contributed by atoms with E-state index in [0.717, 1.165) is 15.6 Å². The third-order valence-corrected chi connectivity index (χ3v) is 3.96. The van der Waals surface area contributed by atoms with Crippen LogP contribution in [0.4, 0.5) is 11.4 Å². The van der Waals surface area contributed by atoms with Gasteiger partial charge < -0.3 is 5.32 Å². The predicted molar refractivity (Wildman–Crippen MR) is 84.3 cm³/mol. The summed E-state index contributed by atoms with van der Waals surface area (Å²) in [4.78, 5) is 10.5. The molecule has 6 heteroatoms. The van der Waals surface area contributed by atoms with Gasteiger partial charge in [0.1, 0.15) is 5.69 Å². The van der Waals surface area contributed by atoms with Crippen molar-refractivity contribution in [1.29, 1.82) is 0 Å². The lowest BCUT2D eigenvalue weighted by Gasteiger charge is -2.09. The van der Waals surface area contributed by atoms with E-state index in [2.05, 4.69) is 21.2 Å². The SMILES string of the molecule is Cc1ccc(CNc2cc(Cl)ccc2[N+](=O)[O-])cc1Br. The maximum Gasteiger partial charge on any atom is 0.292 e. The van der Waals surface area contributed by atoms with Crippen LogP contribution in [0.5, 0.6) is 0 Å². The molecule has 0 spiro atoms. The Bertz CT molecular complexity index is 662. The molecule has 0 saturated heterocycles. The fourth-order valence-electron chi connectivity index (χ4n) is 1.75. The van der Waals surface area contributed by atoms with Crippen molar-refractivity contribution < 1.29 is 4.92 Å². The molecule has 0 unspecified atom stereocenters. The Balaban J connectivity index is 2.20. The van der Waals surface area contributed by atoms with Crippen LogP contribution in [0.1, 0.15) is 11.1 Å². The molecule has 0 radical (unpaired) electrons. The molecule has 20 heavy (non-hydrogen) atoms. The number of anilines is 1. The normalized spacial score (nSPS) is 10.3. The second kappa shape index (κ2) is 6.24. The largest absolute Gasteiger partial charge is 0.375 e. The standard InChI is InChI=1S/C14H12BrClN2O2/c1-9-2-3-10(6-12(9)15)8-17-13-7-11(16)4-5-14(13)18(19)20/h2-7,17H,8H2,1H3. The predicted octanol–water partition coefficient (Wildman–Crippen LogP) is 4.93. The summed E-state index contributed by atoms with van der Waals surface area (Å²) in [6.45, 7) is 2.49. The Morgan fingerprint density at radius 3 is 2.70 bits per heavy atom. The fourth-order valence-corrected chi connectivity index (χ4v) is 2.35. The maximum absolute atomic E-state index is 11.0. The van der Waals surface area contributed by atoms with Gasteiger partial charge in [0.15, 0.2) is 0 Å². The first kappa shape index (κ1) is 14.8. The Labute approximate surface area is 130 Å². The minimum absolute atomic E-state index is 0.0144. The van der Waals surface area contributed by atoms with Crippen molar-refractivity contribution in [1.82, 2.24) is 0 Å². The third kappa shape index (κ3) is 3.49. The molecule has 0 fully saturated rings. The van der Waals surface area contributed by atoms with Gasteiger partial charge in [0.05, 0.1) is 4.92 Å². The molecule has 2 aromatic carbocycles. The summed E-state index contributed by atoms with van der Waals surface area (Å²) in [6.07, 6.45) is 0. The van der Waals surface area contributed by atoms with Crippen LogP contribution in [0.15, 0.2) is 40.9 Å². The van der Waals surface area contributed by atoms with E-state index in [4.69, 9.17) is 11.6 Å². The number of benzene rings is 2. The average molecular weight is 356 g/mol. The molecule has 2 rings (SSSR count). The average Bonchev–Trinajstić information content (AvgIpc) is 2.40. The molecular weight excluding hydrogens is 344 g/mol. The van der Waals surface area contributed by atoms with Crippen LogP contribution < -0.4 is 5.32 Å². The quantitative estimate of drug-likeness (QED) is 0.625. The number of nitro benzene ring substituents is 1. The van der Waals surface area contributed by atoms with Crippen LogP contribution in [0, 0.1) is 17.0 Å². The van der Waals surface area contributed by atoms with Gasteiger partial charge in [0, 0.05) is 22.1 Å². The summed E-state index contributed by atoms with van der Waals surface area (Å²) in [7, 11) is 0. The van der Waals surface area contributed by atoms with E-state index in [1.165, 1.54) is 12.1 Å². The molecule has 0 aromatic heterocycles.